The number of hydrogen-bond donors (Lipinski definition) is 5. The maximum absolute atomic E-state index is 14.7. The van der Waals surface area contributed by atoms with Crippen LogP contribution in [0.15, 0.2) is 12.2 Å². The molecular formula is C44H69N5O11S3. The molecule has 16 nitrogen and oxygen atoms in total. The highest BCUT2D eigenvalue weighted by molar-refractivity contribution is 8.47. The number of hydrogen-bond acceptors (Lipinski definition) is 14. The number of fused-ring (bicyclic) bond motifs is 5. The van der Waals surface area contributed by atoms with Gasteiger partial charge in [-0.2, -0.15) is 0 Å². The van der Waals surface area contributed by atoms with Gasteiger partial charge < -0.3 is 45.2 Å². The molecule has 0 spiro atoms. The summed E-state index contributed by atoms with van der Waals surface area (Å²) in [4.78, 5) is 88.7. The van der Waals surface area contributed by atoms with Gasteiger partial charge in [0.1, 0.15) is 15.7 Å². The summed E-state index contributed by atoms with van der Waals surface area (Å²) in [5.41, 5.74) is -5.63. The predicted octanol–water partition coefficient (Wildman–Crippen LogP) is 3.96. The Morgan fingerprint density at radius 2 is 1.63 bits per heavy atom. The van der Waals surface area contributed by atoms with E-state index < -0.39 is 86.5 Å². The summed E-state index contributed by atoms with van der Waals surface area (Å²) in [5, 5.41) is 28.7. The molecule has 354 valence electrons. The Balaban J connectivity index is 2.04. The molecule has 2 saturated heterocycles. The third-order valence-corrected chi connectivity index (χ3v) is 14.8. The molecule has 10 atom stereocenters. The van der Waals surface area contributed by atoms with E-state index in [1.807, 2.05) is 13.8 Å². The molecule has 5 N–H and O–H groups in total. The molecular weight excluding hydrogens is 871 g/mol. The lowest BCUT2D eigenvalue weighted by atomic mass is 9.64. The zero-order valence-corrected chi connectivity index (χ0v) is 40.8. The number of likely N-dealkylation sites (tertiary alicyclic amines) is 1. The third kappa shape index (κ3) is 13.9. The minimum absolute atomic E-state index is 0.00343. The van der Waals surface area contributed by atoms with Gasteiger partial charge in [-0.1, -0.05) is 63.3 Å². The van der Waals surface area contributed by atoms with Crippen LogP contribution in [0.5, 0.6) is 0 Å². The molecule has 0 aromatic rings. The topological polar surface area (TPSA) is 214 Å². The van der Waals surface area contributed by atoms with Gasteiger partial charge in [0.2, 0.25) is 35.1 Å². The molecule has 10 unspecified atom stereocenters. The van der Waals surface area contributed by atoms with Crippen LogP contribution in [0.4, 0.5) is 0 Å². The number of amides is 5. The van der Waals surface area contributed by atoms with E-state index in [0.717, 1.165) is 35.9 Å². The van der Waals surface area contributed by atoms with E-state index in [2.05, 4.69) is 20.8 Å². The Bertz CT molecular complexity index is 1760. The van der Waals surface area contributed by atoms with Gasteiger partial charge >= 0.3 is 5.97 Å². The van der Waals surface area contributed by atoms with Gasteiger partial charge in [-0.3, -0.25) is 33.7 Å². The Morgan fingerprint density at radius 3 is 2.22 bits per heavy atom. The lowest BCUT2D eigenvalue weighted by Crippen LogP contribution is -2.53. The molecule has 3 aliphatic heterocycles. The van der Waals surface area contributed by atoms with Crippen molar-refractivity contribution in [1.82, 2.24) is 20.9 Å². The number of ether oxygens (including phenoxy) is 3. The van der Waals surface area contributed by atoms with Gasteiger partial charge in [-0.25, -0.2) is 6.57 Å². The average Bonchev–Trinajstić information content (AvgIpc) is 3.86. The molecule has 0 aromatic heterocycles. The van der Waals surface area contributed by atoms with Crippen molar-refractivity contribution in [2.45, 2.75) is 141 Å². The summed E-state index contributed by atoms with van der Waals surface area (Å²) in [6.45, 7) is 21.5. The molecule has 0 radical (unpaired) electrons. The Morgan fingerprint density at radius 1 is 0.984 bits per heavy atom. The lowest BCUT2D eigenvalue weighted by Gasteiger charge is -2.42. The van der Waals surface area contributed by atoms with E-state index in [0.29, 0.717) is 15.8 Å². The van der Waals surface area contributed by atoms with E-state index in [4.69, 9.17) is 33.0 Å². The second kappa shape index (κ2) is 23.4. The number of carbonyl (C=O) groups excluding carboxylic acids is 6. The number of unbranched alkanes of at least 4 members (excludes halogenated alkanes) is 1. The van der Waals surface area contributed by atoms with Crippen molar-refractivity contribution in [3.05, 3.63) is 23.6 Å². The minimum Gasteiger partial charge on any atom is -0.463 e. The zero-order valence-electron chi connectivity index (χ0n) is 38.3. The molecule has 0 aliphatic carbocycles. The molecule has 63 heavy (non-hydrogen) atoms. The van der Waals surface area contributed by atoms with Crippen molar-refractivity contribution in [3.63, 3.8) is 0 Å². The predicted molar refractivity (Wildman–Crippen MR) is 246 cm³/mol. The summed E-state index contributed by atoms with van der Waals surface area (Å²) >= 11 is 8.20. The molecule has 3 aliphatic rings. The largest absolute Gasteiger partial charge is 0.463 e. The summed E-state index contributed by atoms with van der Waals surface area (Å²) in [5.74, 6) is -3.91. The van der Waals surface area contributed by atoms with Gasteiger partial charge in [0.05, 0.1) is 53.5 Å². The SMILES string of the molecule is [C-]#[N+]C(C)(CCC(=O)NCCCC)CC(C)(CC(C)(CC(C)(SC(=S)SCCC)C(=O)NCC(C)O)C(=O)NCC(C)O)C(=O)OCCN1C(=O)C2C3C=CC(COC)(O3)C2C1=O. The van der Waals surface area contributed by atoms with Crippen LogP contribution in [0.3, 0.4) is 0 Å². The van der Waals surface area contributed by atoms with Crippen LogP contribution in [0.1, 0.15) is 107 Å². The van der Waals surface area contributed by atoms with Crippen LogP contribution in [-0.4, -0.2) is 141 Å². The van der Waals surface area contributed by atoms with Crippen LogP contribution < -0.4 is 16.0 Å². The first kappa shape index (κ1) is 54.2. The second-order valence-electron chi connectivity index (χ2n) is 18.3. The van der Waals surface area contributed by atoms with E-state index in [9.17, 15) is 39.0 Å². The van der Waals surface area contributed by atoms with E-state index in [1.165, 1.54) is 32.7 Å². The van der Waals surface area contributed by atoms with Crippen LogP contribution in [-0.2, 0) is 43.0 Å². The Labute approximate surface area is 386 Å². The van der Waals surface area contributed by atoms with Crippen LogP contribution in [0.25, 0.3) is 4.85 Å². The number of methoxy groups -OCH3 is 1. The van der Waals surface area contributed by atoms with Crippen LogP contribution in [0, 0.1) is 29.2 Å². The molecule has 19 heteroatoms. The second-order valence-corrected chi connectivity index (χ2v) is 22.1. The molecule has 2 fully saturated rings. The zero-order chi connectivity index (χ0) is 47.4. The standard InChI is InChI=1S/C44H69N5O11S3/c1-11-13-18-46-31(52)15-16-42(7,45-9)25-41(6,38(57)59-20-19-49-34(53)32-30-14-17-44(60-30,27-58-10)33(32)35(49)54)24-40(5,36(55)47-22-28(3)50)26-43(8,37(56)48-23-29(4)51)63-39(61)62-21-12-2/h14,17,28-30,32-33,50-51H,11-13,15-16,18-27H2,1-8,10H3,(H,46,52)(H,47,55)(H,48,56). The van der Waals surface area contributed by atoms with E-state index in [-0.39, 0.29) is 70.9 Å². The first-order valence-electron chi connectivity index (χ1n) is 21.8. The monoisotopic (exact) mass is 939 g/mol. The number of thioether (sulfide) groups is 2. The fourth-order valence-corrected chi connectivity index (χ4v) is 12.1. The van der Waals surface area contributed by atoms with Gasteiger partial charge in [0.15, 0.2) is 0 Å². The van der Waals surface area contributed by atoms with Gasteiger partial charge in [0.25, 0.3) is 0 Å². The number of nitrogens with one attached hydrogen (secondary N) is 3. The molecule has 2 bridgehead atoms. The van der Waals surface area contributed by atoms with Crippen molar-refractivity contribution in [2.75, 3.05) is 52.3 Å². The van der Waals surface area contributed by atoms with Gasteiger partial charge in [-0.05, 0) is 59.1 Å². The lowest BCUT2D eigenvalue weighted by molar-refractivity contribution is -0.162. The third-order valence-electron chi connectivity index (χ3n) is 11.8. The van der Waals surface area contributed by atoms with Crippen LogP contribution in [0.2, 0.25) is 0 Å². The highest BCUT2D eigenvalue weighted by Gasteiger charge is 2.67. The first-order valence-corrected chi connectivity index (χ1v) is 24.0. The summed E-state index contributed by atoms with van der Waals surface area (Å²) < 4.78 is 16.4. The van der Waals surface area contributed by atoms with Crippen molar-refractivity contribution in [3.8, 4) is 0 Å². The highest BCUT2D eigenvalue weighted by atomic mass is 32.2. The fourth-order valence-electron chi connectivity index (χ4n) is 8.96. The van der Waals surface area contributed by atoms with Crippen LogP contribution >= 0.6 is 35.7 Å². The Kier molecular flexibility index (Phi) is 20.1. The number of carbonyl (C=O) groups is 6. The smallest absolute Gasteiger partial charge is 0.312 e. The normalized spacial score (nSPS) is 24.8. The average molecular weight is 940 g/mol. The Hall–Kier alpha value is -3.12. The molecule has 0 saturated carbocycles. The van der Waals surface area contributed by atoms with Crippen molar-refractivity contribution in [1.29, 1.82) is 0 Å². The first-order chi connectivity index (χ1) is 29.5. The number of aliphatic hydroxyl groups excluding tert-OH is 2. The van der Waals surface area contributed by atoms with Gasteiger partial charge in [-0.15, -0.1) is 11.8 Å². The minimum atomic E-state index is -1.65. The number of nitrogens with zero attached hydrogens (tertiary/aromatic N) is 2. The molecule has 3 rings (SSSR count). The summed E-state index contributed by atoms with van der Waals surface area (Å²) in [7, 11) is 1.48. The molecule has 3 heterocycles. The number of esters is 1. The fraction of sp³-hybridized carbons (Fsp3) is 0.773. The summed E-state index contributed by atoms with van der Waals surface area (Å²) in [6, 6.07) is 0. The summed E-state index contributed by atoms with van der Waals surface area (Å²) in [6.07, 6.45) is 3.04. The number of thiocarbonyl (C=S) groups is 1. The maximum Gasteiger partial charge on any atom is 0.312 e. The highest BCUT2D eigenvalue weighted by Crippen LogP contribution is 2.52. The van der Waals surface area contributed by atoms with Crippen molar-refractivity contribution >= 4 is 74.8 Å². The van der Waals surface area contributed by atoms with E-state index >= 15 is 0 Å². The quantitative estimate of drug-likeness (QED) is 0.0197. The van der Waals surface area contributed by atoms with E-state index in [1.54, 1.807) is 39.8 Å². The number of imide groups is 1. The van der Waals surface area contributed by atoms with Gasteiger partial charge in [0, 0.05) is 58.3 Å². The number of aliphatic hydroxyl groups is 2. The number of rotatable bonds is 27. The van der Waals surface area contributed by atoms with Crippen molar-refractivity contribution in [2.24, 2.45) is 22.7 Å². The van der Waals surface area contributed by atoms with Crippen molar-refractivity contribution < 1.29 is 53.2 Å². The molecule has 0 aromatic carbocycles. The maximum atomic E-state index is 14.7. The molecule has 5 amide bonds.